The van der Waals surface area contributed by atoms with E-state index in [1.54, 1.807) is 74.6 Å². The number of esters is 1. The molecule has 0 unspecified atom stereocenters. The maximum absolute atomic E-state index is 14.8. The maximum Gasteiger partial charge on any atom is 0.326 e. The Hall–Kier alpha value is -4.73. The summed E-state index contributed by atoms with van der Waals surface area (Å²) < 4.78 is 25.1. The van der Waals surface area contributed by atoms with Gasteiger partial charge in [-0.2, -0.15) is 0 Å². The van der Waals surface area contributed by atoms with Crippen molar-refractivity contribution in [3.63, 3.8) is 0 Å². The van der Waals surface area contributed by atoms with E-state index >= 15 is 0 Å². The number of benzene rings is 3. The summed E-state index contributed by atoms with van der Waals surface area (Å²) in [5.41, 5.74) is 2.22. The van der Waals surface area contributed by atoms with Gasteiger partial charge in [-0.15, -0.1) is 0 Å². The first kappa shape index (κ1) is 26.3. The fourth-order valence-electron chi connectivity index (χ4n) is 4.01. The number of halogens is 1. The van der Waals surface area contributed by atoms with Gasteiger partial charge in [0.1, 0.15) is 24.7 Å². The van der Waals surface area contributed by atoms with E-state index in [4.69, 9.17) is 9.47 Å². The van der Waals surface area contributed by atoms with Crippen LogP contribution in [0.25, 0.3) is 0 Å². The highest BCUT2D eigenvalue weighted by Crippen LogP contribution is 2.31. The van der Waals surface area contributed by atoms with E-state index in [1.807, 2.05) is 0 Å². The Bertz CT molecular complexity index is 1390. The van der Waals surface area contributed by atoms with Crippen molar-refractivity contribution in [3.8, 4) is 5.75 Å². The van der Waals surface area contributed by atoms with Gasteiger partial charge in [0.05, 0.1) is 25.1 Å². The number of carbonyl (C=O) groups is 3. The molecule has 1 heterocycles. The van der Waals surface area contributed by atoms with Crippen LogP contribution in [0.1, 0.15) is 18.1 Å². The largest absolute Gasteiger partial charge is 0.497 e. The topological polar surface area (TPSA) is 101 Å². The first-order valence-corrected chi connectivity index (χ1v) is 11.9. The second-order valence-electron chi connectivity index (χ2n) is 8.35. The lowest BCUT2D eigenvalue weighted by molar-refractivity contribution is -0.141. The van der Waals surface area contributed by atoms with Crippen molar-refractivity contribution in [2.45, 2.75) is 6.92 Å². The number of aliphatic imine (C=N–C) groups is 1. The zero-order valence-electron chi connectivity index (χ0n) is 21.2. The number of nitrogens with one attached hydrogen (secondary N) is 1. The van der Waals surface area contributed by atoms with Crippen LogP contribution in [0.2, 0.25) is 0 Å². The SMILES string of the molecule is CCOC(=O)CN(C(=O)Nc1ccc(OC)cc1)c1ccc2c(c1)C(c1ccccc1F)=NCC(=O)N2C. The molecule has 38 heavy (non-hydrogen) atoms. The van der Waals surface area contributed by atoms with Crippen LogP contribution in [0, 0.1) is 5.82 Å². The van der Waals surface area contributed by atoms with Crippen LogP contribution in [-0.2, 0) is 14.3 Å². The van der Waals surface area contributed by atoms with Gasteiger partial charge in [-0.25, -0.2) is 9.18 Å². The van der Waals surface area contributed by atoms with E-state index in [0.717, 1.165) is 0 Å². The van der Waals surface area contributed by atoms with Crippen LogP contribution >= 0.6 is 0 Å². The molecule has 0 fully saturated rings. The summed E-state index contributed by atoms with van der Waals surface area (Å²) in [7, 11) is 3.14. The molecule has 3 amide bonds. The van der Waals surface area contributed by atoms with Gasteiger partial charge in [0.25, 0.3) is 0 Å². The Labute approximate surface area is 219 Å². The maximum atomic E-state index is 14.8. The van der Waals surface area contributed by atoms with Gasteiger partial charge in [0.15, 0.2) is 0 Å². The van der Waals surface area contributed by atoms with Crippen LogP contribution in [0.4, 0.5) is 26.2 Å². The van der Waals surface area contributed by atoms with E-state index in [-0.39, 0.29) is 36.9 Å². The van der Waals surface area contributed by atoms with Crippen molar-refractivity contribution in [2.24, 2.45) is 4.99 Å². The second-order valence-corrected chi connectivity index (χ2v) is 8.35. The molecule has 0 atom stereocenters. The van der Waals surface area contributed by atoms with Gasteiger partial charge in [-0.1, -0.05) is 12.1 Å². The van der Waals surface area contributed by atoms with Gasteiger partial charge in [-0.3, -0.25) is 19.5 Å². The molecule has 4 rings (SSSR count). The number of ether oxygens (including phenoxy) is 2. The summed E-state index contributed by atoms with van der Waals surface area (Å²) >= 11 is 0. The van der Waals surface area contributed by atoms with Crippen molar-refractivity contribution in [1.82, 2.24) is 0 Å². The summed E-state index contributed by atoms with van der Waals surface area (Å²) in [5, 5.41) is 2.77. The first-order chi connectivity index (χ1) is 18.3. The minimum Gasteiger partial charge on any atom is -0.497 e. The van der Waals surface area contributed by atoms with Gasteiger partial charge in [0, 0.05) is 29.5 Å². The molecule has 9 nitrogen and oxygen atoms in total. The van der Waals surface area contributed by atoms with Gasteiger partial charge >= 0.3 is 12.0 Å². The monoisotopic (exact) mass is 518 g/mol. The molecule has 1 aliphatic rings. The van der Waals surface area contributed by atoms with E-state index in [0.29, 0.717) is 28.4 Å². The number of rotatable bonds is 7. The zero-order valence-corrected chi connectivity index (χ0v) is 21.2. The fraction of sp³-hybridized carbons (Fsp3) is 0.214. The molecule has 0 spiro atoms. The standard InChI is InChI=1S/C28H27FN4O5/c1-4-38-26(35)17-33(28(36)31-18-9-12-20(37-3)13-10-18)19-11-14-24-22(15-19)27(30-16-25(34)32(24)2)21-7-5-6-8-23(21)29/h5-15H,4,16-17H2,1-3H3,(H,31,36). The Morgan fingerprint density at radius 1 is 1.08 bits per heavy atom. The lowest BCUT2D eigenvalue weighted by Gasteiger charge is -2.25. The van der Waals surface area contributed by atoms with E-state index in [9.17, 15) is 18.8 Å². The number of anilines is 3. The number of fused-ring (bicyclic) bond motifs is 1. The Kier molecular flexibility index (Phi) is 8.00. The number of likely N-dealkylation sites (N-methyl/N-ethyl adjacent to an activating group) is 1. The smallest absolute Gasteiger partial charge is 0.326 e. The van der Waals surface area contributed by atoms with Crippen LogP contribution in [0.15, 0.2) is 71.7 Å². The zero-order chi connectivity index (χ0) is 27.2. The molecule has 1 N–H and O–H groups in total. The molecule has 3 aromatic carbocycles. The summed E-state index contributed by atoms with van der Waals surface area (Å²) in [6.07, 6.45) is 0. The van der Waals surface area contributed by atoms with Crippen LogP contribution in [0.5, 0.6) is 5.75 Å². The molecule has 0 aromatic heterocycles. The average molecular weight is 519 g/mol. The second kappa shape index (κ2) is 11.5. The highest BCUT2D eigenvalue weighted by molar-refractivity contribution is 6.20. The number of benzodiazepines with no additional fused rings is 1. The van der Waals surface area contributed by atoms with Gasteiger partial charge in [-0.05, 0) is 61.5 Å². The van der Waals surface area contributed by atoms with Crippen LogP contribution < -0.4 is 19.9 Å². The first-order valence-electron chi connectivity index (χ1n) is 11.9. The van der Waals surface area contributed by atoms with Crippen molar-refractivity contribution >= 4 is 40.7 Å². The van der Waals surface area contributed by atoms with E-state index < -0.39 is 17.8 Å². The molecule has 196 valence electrons. The lowest BCUT2D eigenvalue weighted by Crippen LogP contribution is -2.39. The fourth-order valence-corrected chi connectivity index (χ4v) is 4.01. The minimum absolute atomic E-state index is 0.147. The highest BCUT2D eigenvalue weighted by atomic mass is 19.1. The van der Waals surface area contributed by atoms with E-state index in [2.05, 4.69) is 10.3 Å². The van der Waals surface area contributed by atoms with E-state index in [1.165, 1.54) is 23.0 Å². The molecule has 0 saturated carbocycles. The summed E-state index contributed by atoms with van der Waals surface area (Å²) in [4.78, 5) is 45.5. The van der Waals surface area contributed by atoms with Crippen molar-refractivity contribution in [3.05, 3.63) is 83.7 Å². The van der Waals surface area contributed by atoms with Gasteiger partial charge in [0.2, 0.25) is 5.91 Å². The summed E-state index contributed by atoms with van der Waals surface area (Å²) in [6.45, 7) is 1.27. The third kappa shape index (κ3) is 5.64. The average Bonchev–Trinajstić information content (AvgIpc) is 3.04. The van der Waals surface area contributed by atoms with Crippen LogP contribution in [0.3, 0.4) is 0 Å². The lowest BCUT2D eigenvalue weighted by atomic mass is 9.99. The predicted molar refractivity (Wildman–Crippen MR) is 143 cm³/mol. The highest BCUT2D eigenvalue weighted by Gasteiger charge is 2.27. The number of urea groups is 1. The Morgan fingerprint density at radius 2 is 1.82 bits per heavy atom. The minimum atomic E-state index is -0.609. The quantitative estimate of drug-likeness (QED) is 0.472. The third-order valence-corrected chi connectivity index (χ3v) is 5.96. The van der Waals surface area contributed by atoms with Gasteiger partial charge < -0.3 is 19.7 Å². The van der Waals surface area contributed by atoms with Crippen molar-refractivity contribution in [1.29, 1.82) is 0 Å². The molecule has 0 aliphatic carbocycles. The number of hydrogen-bond acceptors (Lipinski definition) is 6. The number of nitrogens with zero attached hydrogens (tertiary/aromatic N) is 3. The molecule has 10 heteroatoms. The van der Waals surface area contributed by atoms with Crippen molar-refractivity contribution in [2.75, 3.05) is 49.0 Å². The third-order valence-electron chi connectivity index (χ3n) is 5.96. The number of amides is 3. The number of carbonyl (C=O) groups excluding carboxylic acids is 3. The Balaban J connectivity index is 1.77. The summed E-state index contributed by atoms with van der Waals surface area (Å²) in [5.74, 6) is -0.760. The Morgan fingerprint density at radius 3 is 2.50 bits per heavy atom. The summed E-state index contributed by atoms with van der Waals surface area (Å²) in [6, 6.07) is 17.1. The molecule has 0 radical (unpaired) electrons. The molecular weight excluding hydrogens is 491 g/mol. The van der Waals surface area contributed by atoms with Crippen molar-refractivity contribution < 1.29 is 28.2 Å². The molecule has 0 saturated heterocycles. The molecular formula is C28H27FN4O5. The predicted octanol–water partition coefficient (Wildman–Crippen LogP) is 4.25. The molecule has 0 bridgehead atoms. The number of hydrogen-bond donors (Lipinski definition) is 1. The normalized spacial score (nSPS) is 12.7. The molecule has 3 aromatic rings. The molecule has 1 aliphatic heterocycles. The van der Waals surface area contributed by atoms with Crippen LogP contribution in [-0.4, -0.2) is 57.5 Å². The number of methoxy groups -OCH3 is 1.